The number of non-ortho nitro benzene ring substituents is 1. The minimum atomic E-state index is -0.776. The first kappa shape index (κ1) is 22.6. The van der Waals surface area contributed by atoms with Gasteiger partial charge in [0.15, 0.2) is 0 Å². The molecule has 0 aliphatic rings. The quantitative estimate of drug-likeness (QED) is 0.237. The van der Waals surface area contributed by atoms with E-state index in [1.807, 2.05) is 0 Å². The van der Waals surface area contributed by atoms with Crippen LogP contribution >= 0.6 is 0 Å². The normalized spacial score (nSPS) is 11.6. The number of nitrogens with zero attached hydrogens (tertiary/aromatic N) is 1. The van der Waals surface area contributed by atoms with Crippen molar-refractivity contribution in [1.82, 2.24) is 5.32 Å². The molecule has 1 amide bonds. The molecular formula is C20H30N2O5. The molecule has 0 fully saturated rings. The minimum absolute atomic E-state index is 0.0932. The van der Waals surface area contributed by atoms with E-state index in [1.165, 1.54) is 56.4 Å². The Hall–Kier alpha value is -2.44. The molecule has 0 aromatic heterocycles. The molecule has 0 unspecified atom stereocenters. The number of hydrogen-bond donors (Lipinski definition) is 1. The Kier molecular flexibility index (Phi) is 10.7. The lowest BCUT2D eigenvalue weighted by Gasteiger charge is -2.13. The van der Waals surface area contributed by atoms with Gasteiger partial charge in [0.2, 0.25) is 0 Å². The van der Waals surface area contributed by atoms with E-state index >= 15 is 0 Å². The zero-order valence-corrected chi connectivity index (χ0v) is 16.2. The van der Waals surface area contributed by atoms with Gasteiger partial charge in [-0.3, -0.25) is 14.9 Å². The van der Waals surface area contributed by atoms with Crippen molar-refractivity contribution in [3.8, 4) is 0 Å². The van der Waals surface area contributed by atoms with Crippen LogP contribution in [0.3, 0.4) is 0 Å². The Labute approximate surface area is 160 Å². The second kappa shape index (κ2) is 12.8. The molecule has 1 aromatic rings. The standard InChI is InChI=1S/C20H30N2O5/c1-3-4-5-6-7-8-9-10-15-27-20(24)16(2)21-19(23)17-11-13-18(14-12-17)22(25)26/h11-14,16H,3-10,15H2,1-2H3,(H,21,23)/t16-/m0/s1. The van der Waals surface area contributed by atoms with E-state index < -0.39 is 22.8 Å². The highest BCUT2D eigenvalue weighted by Crippen LogP contribution is 2.12. The third-order valence-electron chi connectivity index (χ3n) is 4.28. The van der Waals surface area contributed by atoms with E-state index in [0.717, 1.165) is 19.3 Å². The molecule has 7 heteroatoms. The van der Waals surface area contributed by atoms with Crippen LogP contribution in [0.2, 0.25) is 0 Å². The Morgan fingerprint density at radius 1 is 1.04 bits per heavy atom. The molecule has 0 aliphatic heterocycles. The number of rotatable bonds is 13. The highest BCUT2D eigenvalue weighted by molar-refractivity contribution is 5.96. The zero-order valence-electron chi connectivity index (χ0n) is 16.2. The van der Waals surface area contributed by atoms with E-state index in [-0.39, 0.29) is 11.3 Å². The summed E-state index contributed by atoms with van der Waals surface area (Å²) in [6.45, 7) is 4.11. The largest absolute Gasteiger partial charge is 0.464 e. The van der Waals surface area contributed by atoms with Gasteiger partial charge >= 0.3 is 5.97 Å². The lowest BCUT2D eigenvalue weighted by molar-refractivity contribution is -0.384. The van der Waals surface area contributed by atoms with Gasteiger partial charge in [-0.2, -0.15) is 0 Å². The molecule has 0 heterocycles. The van der Waals surface area contributed by atoms with Gasteiger partial charge in [0.25, 0.3) is 11.6 Å². The SMILES string of the molecule is CCCCCCCCCCOC(=O)[C@H](C)NC(=O)c1ccc([N+](=O)[O-])cc1. The molecule has 1 rings (SSSR count). The van der Waals surface area contributed by atoms with Gasteiger partial charge in [0.05, 0.1) is 11.5 Å². The van der Waals surface area contributed by atoms with E-state index in [9.17, 15) is 19.7 Å². The van der Waals surface area contributed by atoms with Crippen molar-refractivity contribution in [2.24, 2.45) is 0 Å². The molecule has 7 nitrogen and oxygen atoms in total. The molecule has 1 N–H and O–H groups in total. The second-order valence-corrected chi connectivity index (χ2v) is 6.64. The van der Waals surface area contributed by atoms with E-state index in [0.29, 0.717) is 6.61 Å². The van der Waals surface area contributed by atoms with Gasteiger partial charge in [-0.1, -0.05) is 51.9 Å². The van der Waals surface area contributed by atoms with Gasteiger partial charge in [0.1, 0.15) is 6.04 Å². The van der Waals surface area contributed by atoms with Crippen LogP contribution in [-0.2, 0) is 9.53 Å². The predicted molar refractivity (Wildman–Crippen MR) is 104 cm³/mol. The molecule has 1 atom stereocenters. The number of unbranched alkanes of at least 4 members (excludes halogenated alkanes) is 7. The molecule has 27 heavy (non-hydrogen) atoms. The van der Waals surface area contributed by atoms with Crippen molar-refractivity contribution in [1.29, 1.82) is 0 Å². The van der Waals surface area contributed by atoms with Gasteiger partial charge in [-0.05, 0) is 25.5 Å². The molecule has 0 radical (unpaired) electrons. The molecule has 0 saturated heterocycles. The Morgan fingerprint density at radius 3 is 2.15 bits per heavy atom. The molecule has 0 bridgehead atoms. The maximum absolute atomic E-state index is 12.1. The third kappa shape index (κ3) is 9.17. The number of benzene rings is 1. The number of hydrogen-bond acceptors (Lipinski definition) is 5. The average molecular weight is 378 g/mol. The monoisotopic (exact) mass is 378 g/mol. The van der Waals surface area contributed by atoms with Crippen molar-refractivity contribution in [3.63, 3.8) is 0 Å². The number of ether oxygens (including phenoxy) is 1. The summed E-state index contributed by atoms with van der Waals surface area (Å²) in [5.41, 5.74) is 0.160. The van der Waals surface area contributed by atoms with Gasteiger partial charge in [-0.25, -0.2) is 4.79 Å². The van der Waals surface area contributed by atoms with Crippen molar-refractivity contribution in [2.75, 3.05) is 6.61 Å². The molecule has 0 saturated carbocycles. The summed E-state index contributed by atoms with van der Waals surface area (Å²) in [6, 6.07) is 4.43. The Balaban J connectivity index is 2.21. The maximum Gasteiger partial charge on any atom is 0.328 e. The summed E-state index contributed by atoms with van der Waals surface area (Å²) in [5.74, 6) is -0.949. The van der Waals surface area contributed by atoms with Crippen LogP contribution in [0.25, 0.3) is 0 Å². The minimum Gasteiger partial charge on any atom is -0.464 e. The van der Waals surface area contributed by atoms with Crippen LogP contribution in [0.5, 0.6) is 0 Å². The Morgan fingerprint density at radius 2 is 1.59 bits per heavy atom. The summed E-state index contributed by atoms with van der Waals surface area (Å²) < 4.78 is 5.19. The fourth-order valence-corrected chi connectivity index (χ4v) is 2.61. The predicted octanol–water partition coefficient (Wildman–Crippen LogP) is 4.40. The van der Waals surface area contributed by atoms with E-state index in [2.05, 4.69) is 12.2 Å². The first-order valence-electron chi connectivity index (χ1n) is 9.67. The third-order valence-corrected chi connectivity index (χ3v) is 4.28. The topological polar surface area (TPSA) is 98.5 Å². The summed E-state index contributed by atoms with van der Waals surface area (Å²) in [7, 11) is 0. The van der Waals surface area contributed by atoms with Crippen molar-refractivity contribution >= 4 is 17.6 Å². The molecule has 0 aliphatic carbocycles. The summed E-state index contributed by atoms with van der Waals surface area (Å²) >= 11 is 0. The van der Waals surface area contributed by atoms with Crippen LogP contribution < -0.4 is 5.32 Å². The van der Waals surface area contributed by atoms with Crippen LogP contribution in [0.15, 0.2) is 24.3 Å². The lowest BCUT2D eigenvalue weighted by atomic mass is 10.1. The highest BCUT2D eigenvalue weighted by atomic mass is 16.6. The molecular weight excluding hydrogens is 348 g/mol. The van der Waals surface area contributed by atoms with Gasteiger partial charge in [0, 0.05) is 17.7 Å². The highest BCUT2D eigenvalue weighted by Gasteiger charge is 2.18. The first-order valence-corrected chi connectivity index (χ1v) is 9.67. The van der Waals surface area contributed by atoms with Gasteiger partial charge < -0.3 is 10.1 Å². The summed E-state index contributed by atoms with van der Waals surface area (Å²) in [5, 5.41) is 13.2. The first-order chi connectivity index (χ1) is 13.0. The number of carbonyl (C=O) groups excluding carboxylic acids is 2. The number of nitro benzene ring substituents is 1. The maximum atomic E-state index is 12.1. The van der Waals surface area contributed by atoms with Crippen LogP contribution in [0.1, 0.15) is 75.6 Å². The number of nitrogens with one attached hydrogen (secondary N) is 1. The molecule has 150 valence electrons. The van der Waals surface area contributed by atoms with E-state index in [1.54, 1.807) is 6.92 Å². The average Bonchev–Trinajstić information content (AvgIpc) is 2.66. The van der Waals surface area contributed by atoms with Crippen molar-refractivity contribution < 1.29 is 19.2 Å². The smallest absolute Gasteiger partial charge is 0.328 e. The van der Waals surface area contributed by atoms with Gasteiger partial charge in [-0.15, -0.1) is 0 Å². The Bertz CT molecular complexity index is 601. The number of carbonyl (C=O) groups is 2. The second-order valence-electron chi connectivity index (χ2n) is 6.64. The summed E-state index contributed by atoms with van der Waals surface area (Å²) in [4.78, 5) is 34.1. The van der Waals surface area contributed by atoms with Crippen LogP contribution in [-0.4, -0.2) is 29.4 Å². The fraction of sp³-hybridized carbons (Fsp3) is 0.600. The fourth-order valence-electron chi connectivity index (χ4n) is 2.61. The lowest BCUT2D eigenvalue weighted by Crippen LogP contribution is -2.39. The van der Waals surface area contributed by atoms with Crippen molar-refractivity contribution in [3.05, 3.63) is 39.9 Å². The van der Waals surface area contributed by atoms with Crippen LogP contribution in [0, 0.1) is 10.1 Å². The summed E-state index contributed by atoms with van der Waals surface area (Å²) in [6.07, 6.45) is 9.31. The number of nitro groups is 1. The number of esters is 1. The van der Waals surface area contributed by atoms with Crippen molar-refractivity contribution in [2.45, 2.75) is 71.3 Å². The molecule has 0 spiro atoms. The zero-order chi connectivity index (χ0) is 20.1. The van der Waals surface area contributed by atoms with E-state index in [4.69, 9.17) is 4.74 Å². The number of amides is 1. The molecule has 1 aromatic carbocycles. The van der Waals surface area contributed by atoms with Crippen LogP contribution in [0.4, 0.5) is 5.69 Å².